The lowest BCUT2D eigenvalue weighted by molar-refractivity contribution is -0.135. The van der Waals surface area contributed by atoms with E-state index in [1.54, 1.807) is 31.3 Å². The van der Waals surface area contributed by atoms with Crippen LogP contribution in [0.15, 0.2) is 23.9 Å². The maximum absolute atomic E-state index is 11.0. The highest BCUT2D eigenvalue weighted by molar-refractivity contribution is 5.92. The molecule has 0 bridgehead atoms. The van der Waals surface area contributed by atoms with Gasteiger partial charge >= 0.3 is 5.97 Å². The molecule has 1 rings (SSSR count). The van der Waals surface area contributed by atoms with Crippen LogP contribution in [0.1, 0.15) is 12.5 Å². The molecule has 0 aromatic carbocycles. The number of hydrogen-bond donors (Lipinski definition) is 1. The Bertz CT molecular complexity index is 355. The first kappa shape index (κ1) is 10.2. The van der Waals surface area contributed by atoms with Gasteiger partial charge in [0.2, 0.25) is 0 Å². The molecule has 0 unspecified atom stereocenters. The highest BCUT2D eigenvalue weighted by Gasteiger charge is 2.02. The maximum atomic E-state index is 11.0. The lowest BCUT2D eigenvalue weighted by Gasteiger charge is -1.98. The molecule has 2 N–H and O–H groups in total. The van der Waals surface area contributed by atoms with Crippen LogP contribution in [0.5, 0.6) is 0 Å². The average molecular weight is 192 g/mol. The van der Waals surface area contributed by atoms with Gasteiger partial charge in [0.15, 0.2) is 0 Å². The Morgan fingerprint density at radius 3 is 2.79 bits per heavy atom. The number of anilines is 1. The third-order valence-electron chi connectivity index (χ3n) is 1.70. The van der Waals surface area contributed by atoms with E-state index in [1.165, 1.54) is 7.11 Å². The Balaban J connectivity index is 2.86. The normalized spacial score (nSPS) is 11.1. The number of pyridine rings is 1. The number of methoxy groups -OCH3 is 1. The van der Waals surface area contributed by atoms with Crippen molar-refractivity contribution < 1.29 is 9.53 Å². The summed E-state index contributed by atoms with van der Waals surface area (Å²) < 4.78 is 4.56. The number of ether oxygens (including phenoxy) is 1. The minimum Gasteiger partial charge on any atom is -0.466 e. The number of esters is 1. The van der Waals surface area contributed by atoms with E-state index < -0.39 is 0 Å². The highest BCUT2D eigenvalue weighted by atomic mass is 16.5. The smallest absolute Gasteiger partial charge is 0.333 e. The van der Waals surface area contributed by atoms with Gasteiger partial charge in [-0.1, -0.05) is 0 Å². The first-order valence-electron chi connectivity index (χ1n) is 4.11. The second kappa shape index (κ2) is 4.41. The average Bonchev–Trinajstić information content (AvgIpc) is 2.20. The Morgan fingerprint density at radius 2 is 2.29 bits per heavy atom. The third-order valence-corrected chi connectivity index (χ3v) is 1.70. The molecule has 0 saturated carbocycles. The van der Waals surface area contributed by atoms with Gasteiger partial charge in [0.25, 0.3) is 0 Å². The molecule has 0 spiro atoms. The summed E-state index contributed by atoms with van der Waals surface area (Å²) in [7, 11) is 1.35. The fourth-order valence-electron chi connectivity index (χ4n) is 0.972. The summed E-state index contributed by atoms with van der Waals surface area (Å²) in [4.78, 5) is 14.9. The monoisotopic (exact) mass is 192 g/mol. The lowest BCUT2D eigenvalue weighted by Crippen LogP contribution is -2.01. The summed E-state index contributed by atoms with van der Waals surface area (Å²) in [5.74, 6) is 0.111. The number of nitrogen functional groups attached to an aromatic ring is 1. The van der Waals surface area contributed by atoms with Crippen LogP contribution in [0.2, 0.25) is 0 Å². The van der Waals surface area contributed by atoms with Gasteiger partial charge in [0.1, 0.15) is 5.82 Å². The van der Waals surface area contributed by atoms with Crippen LogP contribution in [0.25, 0.3) is 6.08 Å². The Hall–Kier alpha value is -1.84. The Kier molecular flexibility index (Phi) is 3.23. The number of carbonyl (C=O) groups is 1. The molecule has 1 heterocycles. The largest absolute Gasteiger partial charge is 0.466 e. The minimum absolute atomic E-state index is 0.346. The molecule has 0 aliphatic carbocycles. The highest BCUT2D eigenvalue weighted by Crippen LogP contribution is 2.07. The number of carbonyl (C=O) groups excluding carboxylic acids is 1. The summed E-state index contributed by atoms with van der Waals surface area (Å²) >= 11 is 0. The van der Waals surface area contributed by atoms with Gasteiger partial charge in [-0.2, -0.15) is 0 Å². The fraction of sp³-hybridized carbons (Fsp3) is 0.200. The third kappa shape index (κ3) is 2.58. The van der Waals surface area contributed by atoms with Crippen molar-refractivity contribution in [2.24, 2.45) is 0 Å². The molecule has 0 fully saturated rings. The molecule has 4 heteroatoms. The van der Waals surface area contributed by atoms with Crippen LogP contribution in [0, 0.1) is 0 Å². The molecule has 0 amide bonds. The molecule has 0 atom stereocenters. The van der Waals surface area contributed by atoms with Gasteiger partial charge < -0.3 is 10.5 Å². The van der Waals surface area contributed by atoms with Gasteiger partial charge in [-0.15, -0.1) is 0 Å². The van der Waals surface area contributed by atoms with E-state index in [9.17, 15) is 4.79 Å². The van der Waals surface area contributed by atoms with E-state index in [1.807, 2.05) is 0 Å². The molecule has 4 nitrogen and oxygen atoms in total. The van der Waals surface area contributed by atoms with Crippen LogP contribution in [-0.4, -0.2) is 18.1 Å². The van der Waals surface area contributed by atoms with Crippen molar-refractivity contribution in [3.8, 4) is 0 Å². The molecule has 0 radical (unpaired) electrons. The number of nitrogens with two attached hydrogens (primary N) is 1. The predicted molar refractivity (Wildman–Crippen MR) is 54.3 cm³/mol. The van der Waals surface area contributed by atoms with E-state index in [4.69, 9.17) is 5.73 Å². The van der Waals surface area contributed by atoms with Gasteiger partial charge in [-0.25, -0.2) is 9.78 Å². The van der Waals surface area contributed by atoms with Crippen molar-refractivity contribution in [1.82, 2.24) is 4.98 Å². The second-order valence-corrected chi connectivity index (χ2v) is 2.84. The SMILES string of the molecule is COC(=O)C(C)=Cc1ccc(N)nc1. The molecule has 14 heavy (non-hydrogen) atoms. The van der Waals surface area contributed by atoms with Crippen LogP contribution >= 0.6 is 0 Å². The van der Waals surface area contributed by atoms with E-state index in [0.717, 1.165) is 5.56 Å². The summed E-state index contributed by atoms with van der Waals surface area (Å²) in [6.07, 6.45) is 3.29. The predicted octanol–water partition coefficient (Wildman–Crippen LogP) is 1.24. The molecular formula is C10H12N2O2. The summed E-state index contributed by atoms with van der Waals surface area (Å²) in [6.45, 7) is 1.68. The fourth-order valence-corrected chi connectivity index (χ4v) is 0.972. The number of aromatic nitrogens is 1. The first-order valence-corrected chi connectivity index (χ1v) is 4.11. The van der Waals surface area contributed by atoms with Gasteiger partial charge in [-0.05, 0) is 30.7 Å². The van der Waals surface area contributed by atoms with Crippen LogP contribution in [0.3, 0.4) is 0 Å². The standard InChI is InChI=1S/C10H12N2O2/c1-7(10(13)14-2)5-8-3-4-9(11)12-6-8/h3-6H,1-2H3,(H2,11,12). The summed E-state index contributed by atoms with van der Waals surface area (Å²) in [5.41, 5.74) is 6.77. The number of rotatable bonds is 2. The Morgan fingerprint density at radius 1 is 1.57 bits per heavy atom. The van der Waals surface area contributed by atoms with Crippen molar-refractivity contribution in [2.75, 3.05) is 12.8 Å². The van der Waals surface area contributed by atoms with Crippen LogP contribution < -0.4 is 5.73 Å². The Labute approximate surface area is 82.4 Å². The molecule has 1 aromatic heterocycles. The minimum atomic E-state index is -0.346. The summed E-state index contributed by atoms with van der Waals surface area (Å²) in [6, 6.07) is 3.46. The molecule has 0 aliphatic heterocycles. The zero-order valence-electron chi connectivity index (χ0n) is 8.15. The zero-order chi connectivity index (χ0) is 10.6. The van der Waals surface area contributed by atoms with Crippen molar-refractivity contribution >= 4 is 17.9 Å². The summed E-state index contributed by atoms with van der Waals surface area (Å²) in [5, 5.41) is 0. The van der Waals surface area contributed by atoms with Gasteiger partial charge in [-0.3, -0.25) is 0 Å². The topological polar surface area (TPSA) is 65.2 Å². The number of hydrogen-bond acceptors (Lipinski definition) is 4. The molecular weight excluding hydrogens is 180 g/mol. The van der Waals surface area contributed by atoms with Crippen LogP contribution in [0.4, 0.5) is 5.82 Å². The van der Waals surface area contributed by atoms with E-state index in [2.05, 4.69) is 9.72 Å². The van der Waals surface area contributed by atoms with Gasteiger partial charge in [0, 0.05) is 11.8 Å². The van der Waals surface area contributed by atoms with Crippen LogP contribution in [-0.2, 0) is 9.53 Å². The maximum Gasteiger partial charge on any atom is 0.333 e. The molecule has 1 aromatic rings. The van der Waals surface area contributed by atoms with Crippen molar-refractivity contribution in [2.45, 2.75) is 6.92 Å². The van der Waals surface area contributed by atoms with Crippen molar-refractivity contribution in [1.29, 1.82) is 0 Å². The van der Waals surface area contributed by atoms with Crippen molar-refractivity contribution in [3.63, 3.8) is 0 Å². The van der Waals surface area contributed by atoms with E-state index >= 15 is 0 Å². The lowest BCUT2D eigenvalue weighted by atomic mass is 10.2. The second-order valence-electron chi connectivity index (χ2n) is 2.84. The quantitative estimate of drug-likeness (QED) is 0.565. The van der Waals surface area contributed by atoms with E-state index in [-0.39, 0.29) is 5.97 Å². The van der Waals surface area contributed by atoms with Gasteiger partial charge in [0.05, 0.1) is 7.11 Å². The van der Waals surface area contributed by atoms with E-state index in [0.29, 0.717) is 11.4 Å². The molecule has 0 aliphatic rings. The first-order chi connectivity index (χ1) is 6.63. The zero-order valence-corrected chi connectivity index (χ0v) is 8.15. The molecule has 0 saturated heterocycles. The number of nitrogens with zero attached hydrogens (tertiary/aromatic N) is 1. The van der Waals surface area contributed by atoms with Crippen molar-refractivity contribution in [3.05, 3.63) is 29.5 Å². The molecule has 74 valence electrons.